The second-order valence-electron chi connectivity index (χ2n) is 7.64. The standard InChI is InChI=1S/C23H24BrN3O7/c1-13(2)20(27-21(29)15-5-3-4-6-16(15)24)22(30)34-12-19(28)26-23(31)25-14-7-8-17-18(11-14)33-10-9-32-17/h3-8,11,13,20H,9-10,12H2,1-2H3,(H,27,29)(H2,25,26,28,31)/t20-/m0/s1. The zero-order chi connectivity index (χ0) is 24.7. The van der Waals surface area contributed by atoms with Gasteiger partial charge in [0.2, 0.25) is 0 Å². The van der Waals surface area contributed by atoms with Gasteiger partial charge in [-0.1, -0.05) is 26.0 Å². The summed E-state index contributed by atoms with van der Waals surface area (Å²) in [5.41, 5.74) is 0.746. The fourth-order valence-electron chi connectivity index (χ4n) is 3.03. The van der Waals surface area contributed by atoms with Crippen LogP contribution in [-0.4, -0.2) is 49.7 Å². The number of esters is 1. The molecule has 0 saturated carbocycles. The summed E-state index contributed by atoms with van der Waals surface area (Å²) in [7, 11) is 0. The van der Waals surface area contributed by atoms with Crippen LogP contribution in [0.25, 0.3) is 0 Å². The summed E-state index contributed by atoms with van der Waals surface area (Å²) in [6.07, 6.45) is 0. The second-order valence-corrected chi connectivity index (χ2v) is 8.50. The van der Waals surface area contributed by atoms with Crippen molar-refractivity contribution in [1.82, 2.24) is 10.6 Å². The van der Waals surface area contributed by atoms with Crippen LogP contribution in [0.5, 0.6) is 11.5 Å². The molecule has 1 atom stereocenters. The molecule has 2 aromatic carbocycles. The van der Waals surface area contributed by atoms with E-state index in [2.05, 4.69) is 31.9 Å². The molecule has 1 aliphatic rings. The molecule has 10 nitrogen and oxygen atoms in total. The molecule has 0 saturated heterocycles. The predicted molar refractivity (Wildman–Crippen MR) is 126 cm³/mol. The number of rotatable bonds is 7. The normalized spacial score (nSPS) is 12.9. The molecule has 3 rings (SSSR count). The van der Waals surface area contributed by atoms with Crippen LogP contribution in [-0.2, 0) is 14.3 Å². The number of urea groups is 1. The molecule has 0 aliphatic carbocycles. The highest BCUT2D eigenvalue weighted by Crippen LogP contribution is 2.32. The molecule has 11 heteroatoms. The Hall–Kier alpha value is -3.60. The number of benzene rings is 2. The van der Waals surface area contributed by atoms with Crippen LogP contribution >= 0.6 is 15.9 Å². The van der Waals surface area contributed by atoms with Gasteiger partial charge in [-0.15, -0.1) is 0 Å². The monoisotopic (exact) mass is 533 g/mol. The number of anilines is 1. The lowest BCUT2D eigenvalue weighted by Gasteiger charge is -2.21. The second kappa shape index (κ2) is 11.5. The van der Waals surface area contributed by atoms with Crippen LogP contribution < -0.4 is 25.4 Å². The molecule has 2 aromatic rings. The Bertz CT molecular complexity index is 1090. The molecule has 0 fully saturated rings. The van der Waals surface area contributed by atoms with E-state index >= 15 is 0 Å². The highest BCUT2D eigenvalue weighted by atomic mass is 79.9. The maximum Gasteiger partial charge on any atom is 0.329 e. The van der Waals surface area contributed by atoms with Crippen LogP contribution in [0.2, 0.25) is 0 Å². The van der Waals surface area contributed by atoms with Crippen LogP contribution in [0.1, 0.15) is 24.2 Å². The molecule has 0 spiro atoms. The topological polar surface area (TPSA) is 132 Å². The zero-order valence-electron chi connectivity index (χ0n) is 18.6. The van der Waals surface area contributed by atoms with Gasteiger partial charge in [-0.25, -0.2) is 9.59 Å². The number of fused-ring (bicyclic) bond motifs is 1. The summed E-state index contributed by atoms with van der Waals surface area (Å²) in [5.74, 6) is -1.35. The molecule has 0 radical (unpaired) electrons. The first-order valence-electron chi connectivity index (χ1n) is 10.5. The molecular weight excluding hydrogens is 510 g/mol. The lowest BCUT2D eigenvalue weighted by Crippen LogP contribution is -2.46. The van der Waals surface area contributed by atoms with E-state index in [4.69, 9.17) is 14.2 Å². The van der Waals surface area contributed by atoms with E-state index in [1.165, 1.54) is 0 Å². The Morgan fingerprint density at radius 1 is 1.03 bits per heavy atom. The number of amides is 4. The Morgan fingerprint density at radius 2 is 1.74 bits per heavy atom. The van der Waals surface area contributed by atoms with Crippen molar-refractivity contribution >= 4 is 45.4 Å². The minimum Gasteiger partial charge on any atom is -0.486 e. The van der Waals surface area contributed by atoms with Gasteiger partial charge in [-0.2, -0.15) is 0 Å². The quantitative estimate of drug-likeness (QED) is 0.466. The average molecular weight is 534 g/mol. The number of halogens is 1. The first-order valence-corrected chi connectivity index (χ1v) is 11.3. The average Bonchev–Trinajstić information content (AvgIpc) is 2.80. The minimum absolute atomic E-state index is 0.305. The van der Waals surface area contributed by atoms with E-state index in [-0.39, 0.29) is 5.92 Å². The zero-order valence-corrected chi connectivity index (χ0v) is 20.1. The van der Waals surface area contributed by atoms with Crippen molar-refractivity contribution in [1.29, 1.82) is 0 Å². The first kappa shape index (κ1) is 25.0. The molecule has 4 amide bonds. The Balaban J connectivity index is 1.49. The van der Waals surface area contributed by atoms with E-state index in [1.807, 2.05) is 0 Å². The van der Waals surface area contributed by atoms with Gasteiger partial charge in [-0.05, 0) is 46.1 Å². The van der Waals surface area contributed by atoms with Gasteiger partial charge in [0.25, 0.3) is 11.8 Å². The smallest absolute Gasteiger partial charge is 0.329 e. The number of nitrogens with one attached hydrogen (secondary N) is 3. The number of ether oxygens (including phenoxy) is 3. The van der Waals surface area contributed by atoms with Gasteiger partial charge < -0.3 is 24.8 Å². The largest absolute Gasteiger partial charge is 0.486 e. The van der Waals surface area contributed by atoms with Gasteiger partial charge in [-0.3, -0.25) is 14.9 Å². The van der Waals surface area contributed by atoms with Crippen LogP contribution in [0.3, 0.4) is 0 Å². The number of hydrogen-bond donors (Lipinski definition) is 3. The molecule has 3 N–H and O–H groups in total. The molecule has 0 aromatic heterocycles. The SMILES string of the molecule is CC(C)[C@H](NC(=O)c1ccccc1Br)C(=O)OCC(=O)NC(=O)Nc1ccc2c(c1)OCCO2. The summed E-state index contributed by atoms with van der Waals surface area (Å²) >= 11 is 3.29. The molecule has 1 heterocycles. The van der Waals surface area contributed by atoms with Gasteiger partial charge >= 0.3 is 12.0 Å². The van der Waals surface area contributed by atoms with Gasteiger partial charge in [0.15, 0.2) is 18.1 Å². The van der Waals surface area contributed by atoms with Gasteiger partial charge in [0.1, 0.15) is 19.3 Å². The number of carbonyl (C=O) groups excluding carboxylic acids is 4. The summed E-state index contributed by atoms with van der Waals surface area (Å²) in [6.45, 7) is 3.60. The number of hydrogen-bond acceptors (Lipinski definition) is 7. The molecule has 180 valence electrons. The summed E-state index contributed by atoms with van der Waals surface area (Å²) in [4.78, 5) is 49.2. The molecule has 1 aliphatic heterocycles. The molecular formula is C23H24BrN3O7. The Kier molecular flexibility index (Phi) is 8.47. The van der Waals surface area contributed by atoms with E-state index in [0.29, 0.717) is 40.4 Å². The summed E-state index contributed by atoms with van der Waals surface area (Å²) < 4.78 is 16.5. The molecule has 34 heavy (non-hydrogen) atoms. The van der Waals surface area contributed by atoms with Crippen LogP contribution in [0.4, 0.5) is 10.5 Å². The third-order valence-corrected chi connectivity index (χ3v) is 5.42. The minimum atomic E-state index is -0.987. The van der Waals surface area contributed by atoms with Crippen molar-refractivity contribution in [3.05, 3.63) is 52.5 Å². The van der Waals surface area contributed by atoms with Crippen molar-refractivity contribution in [2.24, 2.45) is 5.92 Å². The lowest BCUT2D eigenvalue weighted by molar-refractivity contribution is -0.151. The fraction of sp³-hybridized carbons (Fsp3) is 0.304. The molecule has 0 unspecified atom stereocenters. The van der Waals surface area contributed by atoms with Crippen LogP contribution in [0, 0.1) is 5.92 Å². The Morgan fingerprint density at radius 3 is 2.44 bits per heavy atom. The third-order valence-electron chi connectivity index (χ3n) is 4.72. The third kappa shape index (κ3) is 6.70. The predicted octanol–water partition coefficient (Wildman–Crippen LogP) is 2.87. The first-order chi connectivity index (χ1) is 16.2. The number of imide groups is 1. The fourth-order valence-corrected chi connectivity index (χ4v) is 3.50. The number of carbonyl (C=O) groups is 4. The lowest BCUT2D eigenvalue weighted by atomic mass is 10.0. The Labute approximate surface area is 204 Å². The van der Waals surface area contributed by atoms with Crippen molar-refractivity contribution in [2.75, 3.05) is 25.1 Å². The van der Waals surface area contributed by atoms with E-state index in [9.17, 15) is 19.2 Å². The summed E-state index contributed by atoms with van der Waals surface area (Å²) in [5, 5.41) is 7.19. The van der Waals surface area contributed by atoms with Gasteiger partial charge in [0, 0.05) is 16.2 Å². The van der Waals surface area contributed by atoms with E-state index < -0.39 is 36.5 Å². The summed E-state index contributed by atoms with van der Waals surface area (Å²) in [6, 6.07) is 9.79. The van der Waals surface area contributed by atoms with E-state index in [1.54, 1.807) is 56.3 Å². The maximum atomic E-state index is 12.5. The van der Waals surface area contributed by atoms with Crippen molar-refractivity contribution in [3.8, 4) is 11.5 Å². The molecule has 0 bridgehead atoms. The highest BCUT2D eigenvalue weighted by Gasteiger charge is 2.27. The van der Waals surface area contributed by atoms with Crippen molar-refractivity contribution in [2.45, 2.75) is 19.9 Å². The van der Waals surface area contributed by atoms with Crippen molar-refractivity contribution < 1.29 is 33.4 Å². The maximum absolute atomic E-state index is 12.5. The van der Waals surface area contributed by atoms with E-state index in [0.717, 1.165) is 0 Å². The highest BCUT2D eigenvalue weighted by molar-refractivity contribution is 9.10. The van der Waals surface area contributed by atoms with Gasteiger partial charge in [0.05, 0.1) is 5.56 Å². The van der Waals surface area contributed by atoms with Crippen molar-refractivity contribution in [3.63, 3.8) is 0 Å². The van der Waals surface area contributed by atoms with Crippen LogP contribution in [0.15, 0.2) is 46.9 Å².